The highest BCUT2D eigenvalue weighted by atomic mass is 15.3. The zero-order valence-electron chi connectivity index (χ0n) is 12.7. The van der Waals surface area contributed by atoms with E-state index in [-0.39, 0.29) is 0 Å². The molecule has 5 nitrogen and oxygen atoms in total. The van der Waals surface area contributed by atoms with Crippen LogP contribution in [0.5, 0.6) is 0 Å². The van der Waals surface area contributed by atoms with Gasteiger partial charge in [-0.2, -0.15) is 0 Å². The Bertz CT molecular complexity index is 413. The second kappa shape index (κ2) is 7.43. The fourth-order valence-electron chi connectivity index (χ4n) is 3.11. The fourth-order valence-corrected chi connectivity index (χ4v) is 3.11. The summed E-state index contributed by atoms with van der Waals surface area (Å²) in [6.45, 7) is 5.40. The lowest BCUT2D eigenvalue weighted by atomic mass is 9.81. The van der Waals surface area contributed by atoms with E-state index in [9.17, 15) is 0 Å². The van der Waals surface area contributed by atoms with Gasteiger partial charge in [-0.1, -0.05) is 33.1 Å². The standard InChI is InChI=1S/C15H27N5/c1-3-11-5-7-12(8-6-11)9-17-14-13(4-2)15(20-16)19-10-18-14/h10-12H,3-9,16H2,1-2H3,(H2,17,18,19,20). The van der Waals surface area contributed by atoms with Crippen LogP contribution in [0.1, 0.15) is 51.5 Å². The molecule has 0 unspecified atom stereocenters. The Labute approximate surface area is 121 Å². The van der Waals surface area contributed by atoms with Crippen LogP contribution in [-0.2, 0) is 6.42 Å². The van der Waals surface area contributed by atoms with E-state index < -0.39 is 0 Å². The van der Waals surface area contributed by atoms with Crippen molar-refractivity contribution in [3.05, 3.63) is 11.9 Å². The number of hydrogen-bond acceptors (Lipinski definition) is 5. The number of nitrogens with zero attached hydrogens (tertiary/aromatic N) is 2. The fraction of sp³-hybridized carbons (Fsp3) is 0.733. The molecule has 0 atom stereocenters. The first-order valence-electron chi connectivity index (χ1n) is 7.82. The minimum Gasteiger partial charge on any atom is -0.369 e. The van der Waals surface area contributed by atoms with Gasteiger partial charge in [0.1, 0.15) is 18.0 Å². The maximum absolute atomic E-state index is 5.50. The predicted octanol–water partition coefficient (Wildman–Crippen LogP) is 2.95. The third kappa shape index (κ3) is 3.60. The summed E-state index contributed by atoms with van der Waals surface area (Å²) < 4.78 is 0. The van der Waals surface area contributed by atoms with Gasteiger partial charge < -0.3 is 10.7 Å². The third-order valence-electron chi connectivity index (χ3n) is 4.54. The molecule has 0 spiro atoms. The van der Waals surface area contributed by atoms with Gasteiger partial charge in [0.15, 0.2) is 0 Å². The second-order valence-electron chi connectivity index (χ2n) is 5.72. The van der Waals surface area contributed by atoms with E-state index in [1.54, 1.807) is 6.33 Å². The smallest absolute Gasteiger partial charge is 0.148 e. The zero-order chi connectivity index (χ0) is 14.4. The second-order valence-corrected chi connectivity index (χ2v) is 5.72. The van der Waals surface area contributed by atoms with Crippen LogP contribution in [0.4, 0.5) is 11.6 Å². The average Bonchev–Trinajstić information content (AvgIpc) is 2.52. The highest BCUT2D eigenvalue weighted by Crippen LogP contribution is 2.31. The van der Waals surface area contributed by atoms with Crippen LogP contribution in [-0.4, -0.2) is 16.5 Å². The quantitative estimate of drug-likeness (QED) is 0.550. The van der Waals surface area contributed by atoms with Gasteiger partial charge in [0, 0.05) is 12.1 Å². The van der Waals surface area contributed by atoms with Crippen molar-refractivity contribution in [1.82, 2.24) is 9.97 Å². The number of hydrogen-bond donors (Lipinski definition) is 3. The van der Waals surface area contributed by atoms with Gasteiger partial charge in [0.2, 0.25) is 0 Å². The van der Waals surface area contributed by atoms with Gasteiger partial charge in [-0.15, -0.1) is 0 Å². The van der Waals surface area contributed by atoms with E-state index >= 15 is 0 Å². The van der Waals surface area contributed by atoms with Crippen LogP contribution in [0.2, 0.25) is 0 Å². The largest absolute Gasteiger partial charge is 0.369 e. The first-order chi connectivity index (χ1) is 9.78. The van der Waals surface area contributed by atoms with Gasteiger partial charge in [0.25, 0.3) is 0 Å². The Hall–Kier alpha value is -1.36. The van der Waals surface area contributed by atoms with Crippen molar-refractivity contribution in [3.63, 3.8) is 0 Å². The highest BCUT2D eigenvalue weighted by Gasteiger charge is 2.20. The minimum atomic E-state index is 0.722. The average molecular weight is 277 g/mol. The molecule has 1 heterocycles. The van der Waals surface area contributed by atoms with Crippen molar-refractivity contribution < 1.29 is 0 Å². The summed E-state index contributed by atoms with van der Waals surface area (Å²) in [7, 11) is 0. The van der Waals surface area contributed by atoms with E-state index in [0.717, 1.165) is 42.0 Å². The van der Waals surface area contributed by atoms with E-state index in [1.165, 1.54) is 32.1 Å². The molecular formula is C15H27N5. The molecule has 1 fully saturated rings. The van der Waals surface area contributed by atoms with E-state index in [2.05, 4.69) is 34.6 Å². The van der Waals surface area contributed by atoms with Crippen LogP contribution >= 0.6 is 0 Å². The van der Waals surface area contributed by atoms with Crippen molar-refractivity contribution >= 4 is 11.6 Å². The number of aromatic nitrogens is 2. The van der Waals surface area contributed by atoms with Crippen molar-refractivity contribution in [1.29, 1.82) is 0 Å². The first kappa shape index (κ1) is 15.0. The number of nitrogen functional groups attached to an aromatic ring is 1. The van der Waals surface area contributed by atoms with E-state index in [0.29, 0.717) is 0 Å². The molecule has 0 radical (unpaired) electrons. The maximum atomic E-state index is 5.50. The summed E-state index contributed by atoms with van der Waals surface area (Å²) in [5, 5.41) is 3.49. The van der Waals surface area contributed by atoms with Crippen LogP contribution < -0.4 is 16.6 Å². The Kier molecular flexibility index (Phi) is 5.59. The van der Waals surface area contributed by atoms with Gasteiger partial charge in [-0.05, 0) is 31.1 Å². The molecule has 0 amide bonds. The molecule has 2 rings (SSSR count). The summed E-state index contributed by atoms with van der Waals surface area (Å²) in [6.07, 6.45) is 9.18. The predicted molar refractivity (Wildman–Crippen MR) is 83.4 cm³/mol. The summed E-state index contributed by atoms with van der Waals surface area (Å²) in [5.74, 6) is 8.86. The van der Waals surface area contributed by atoms with E-state index in [4.69, 9.17) is 5.84 Å². The number of nitrogens with two attached hydrogens (primary N) is 1. The summed E-state index contributed by atoms with van der Waals surface area (Å²) in [5.41, 5.74) is 3.71. The number of hydrazine groups is 1. The molecule has 1 saturated carbocycles. The van der Waals surface area contributed by atoms with Gasteiger partial charge >= 0.3 is 0 Å². The van der Waals surface area contributed by atoms with Crippen LogP contribution in [0.3, 0.4) is 0 Å². The lowest BCUT2D eigenvalue weighted by Gasteiger charge is -2.28. The monoisotopic (exact) mass is 277 g/mol. The van der Waals surface area contributed by atoms with Gasteiger partial charge in [0.05, 0.1) is 0 Å². The lowest BCUT2D eigenvalue weighted by Crippen LogP contribution is -2.22. The Balaban J connectivity index is 1.91. The molecular weight excluding hydrogens is 250 g/mol. The topological polar surface area (TPSA) is 75.9 Å². The van der Waals surface area contributed by atoms with Crippen LogP contribution in [0.15, 0.2) is 6.33 Å². The van der Waals surface area contributed by atoms with Crippen molar-refractivity contribution in [3.8, 4) is 0 Å². The molecule has 0 aliphatic heterocycles. The Morgan fingerprint density at radius 1 is 1.10 bits per heavy atom. The number of rotatable bonds is 6. The van der Waals surface area contributed by atoms with Crippen molar-refractivity contribution in [2.24, 2.45) is 17.7 Å². The molecule has 0 saturated heterocycles. The Morgan fingerprint density at radius 3 is 2.35 bits per heavy atom. The van der Waals surface area contributed by atoms with Gasteiger partial charge in [-0.25, -0.2) is 15.8 Å². The summed E-state index contributed by atoms with van der Waals surface area (Å²) >= 11 is 0. The van der Waals surface area contributed by atoms with Gasteiger partial charge in [-0.3, -0.25) is 0 Å². The highest BCUT2D eigenvalue weighted by molar-refractivity contribution is 5.56. The molecule has 1 aliphatic rings. The van der Waals surface area contributed by atoms with Crippen molar-refractivity contribution in [2.75, 3.05) is 17.3 Å². The molecule has 1 aromatic rings. The third-order valence-corrected chi connectivity index (χ3v) is 4.54. The number of nitrogens with one attached hydrogen (secondary N) is 2. The Morgan fingerprint density at radius 2 is 1.75 bits per heavy atom. The number of anilines is 2. The molecule has 1 aromatic heterocycles. The van der Waals surface area contributed by atoms with Crippen molar-refractivity contribution in [2.45, 2.75) is 52.4 Å². The molecule has 20 heavy (non-hydrogen) atoms. The lowest BCUT2D eigenvalue weighted by molar-refractivity contribution is 0.278. The van der Waals surface area contributed by atoms with Crippen LogP contribution in [0.25, 0.3) is 0 Å². The first-order valence-corrected chi connectivity index (χ1v) is 7.82. The minimum absolute atomic E-state index is 0.722. The SMILES string of the molecule is CCc1c(NN)ncnc1NCC1CCC(CC)CC1. The maximum Gasteiger partial charge on any atom is 0.148 e. The molecule has 4 N–H and O–H groups in total. The molecule has 5 heteroatoms. The van der Waals surface area contributed by atoms with Crippen LogP contribution in [0, 0.1) is 11.8 Å². The van der Waals surface area contributed by atoms with E-state index in [1.807, 2.05) is 0 Å². The molecule has 0 aromatic carbocycles. The molecule has 1 aliphatic carbocycles. The molecule has 0 bridgehead atoms. The zero-order valence-corrected chi connectivity index (χ0v) is 12.7. The summed E-state index contributed by atoms with van der Waals surface area (Å²) in [6, 6.07) is 0. The normalized spacial score (nSPS) is 22.6. The summed E-state index contributed by atoms with van der Waals surface area (Å²) in [4.78, 5) is 8.51. The molecule has 112 valence electrons.